The van der Waals surface area contributed by atoms with Gasteiger partial charge in [-0.15, -0.1) is 0 Å². The molecule has 2 aromatic rings. The molecule has 0 radical (unpaired) electrons. The number of halogens is 1. The van der Waals surface area contributed by atoms with Gasteiger partial charge in [0.25, 0.3) is 5.91 Å². The molecule has 34 heavy (non-hydrogen) atoms. The van der Waals surface area contributed by atoms with Gasteiger partial charge in [-0.3, -0.25) is 14.5 Å². The molecule has 2 N–H and O–H groups in total. The number of hydrogen-bond donors (Lipinski definition) is 2. The number of ether oxygens (including phenoxy) is 1. The standard InChI is InChI=1S/C26H32FN3O4/c1-4-25(32)30-13-12-29(16-19(30)3)17-24(21-6-5-18(2)23(27)15-21)34-22-9-7-20(8-10-22)26(33)28-11-14-31/h4-10,15,19,24,31H,1,11-14,16-17H2,2-3H3,(H,28,33)/t19-,24+/m1/s1. The van der Waals surface area contributed by atoms with Gasteiger partial charge in [-0.05, 0) is 61.4 Å². The van der Waals surface area contributed by atoms with Crippen molar-refractivity contribution >= 4 is 11.8 Å². The van der Waals surface area contributed by atoms with Crippen molar-refractivity contribution < 1.29 is 23.8 Å². The van der Waals surface area contributed by atoms with Gasteiger partial charge in [0.05, 0.1) is 6.61 Å². The number of amides is 2. The zero-order valence-electron chi connectivity index (χ0n) is 19.7. The predicted molar refractivity (Wildman–Crippen MR) is 128 cm³/mol. The first-order valence-corrected chi connectivity index (χ1v) is 11.4. The molecule has 0 aromatic heterocycles. The highest BCUT2D eigenvalue weighted by Gasteiger charge is 2.28. The van der Waals surface area contributed by atoms with E-state index in [4.69, 9.17) is 9.84 Å². The van der Waals surface area contributed by atoms with Crippen LogP contribution in [0.3, 0.4) is 0 Å². The zero-order chi connectivity index (χ0) is 24.7. The highest BCUT2D eigenvalue weighted by atomic mass is 19.1. The van der Waals surface area contributed by atoms with Crippen LogP contribution in [-0.2, 0) is 4.79 Å². The van der Waals surface area contributed by atoms with Crippen molar-refractivity contribution in [2.24, 2.45) is 0 Å². The van der Waals surface area contributed by atoms with Gasteiger partial charge in [-0.1, -0.05) is 18.7 Å². The van der Waals surface area contributed by atoms with Crippen LogP contribution in [0.15, 0.2) is 55.1 Å². The van der Waals surface area contributed by atoms with E-state index in [2.05, 4.69) is 16.8 Å². The van der Waals surface area contributed by atoms with Crippen molar-refractivity contribution in [3.63, 3.8) is 0 Å². The van der Waals surface area contributed by atoms with Crippen molar-refractivity contribution in [1.82, 2.24) is 15.1 Å². The highest BCUT2D eigenvalue weighted by Crippen LogP contribution is 2.26. The number of benzene rings is 2. The summed E-state index contributed by atoms with van der Waals surface area (Å²) in [6, 6.07) is 11.8. The van der Waals surface area contributed by atoms with Crippen LogP contribution < -0.4 is 10.1 Å². The molecular weight excluding hydrogens is 437 g/mol. The molecular formula is C26H32FN3O4. The molecule has 2 amide bonds. The lowest BCUT2D eigenvalue weighted by atomic mass is 10.0. The lowest BCUT2D eigenvalue weighted by molar-refractivity contribution is -0.130. The van der Waals surface area contributed by atoms with E-state index in [9.17, 15) is 14.0 Å². The number of carbonyl (C=O) groups is 2. The van der Waals surface area contributed by atoms with Crippen LogP contribution in [-0.4, -0.2) is 72.1 Å². The second-order valence-corrected chi connectivity index (χ2v) is 8.46. The Balaban J connectivity index is 1.76. The molecule has 7 nitrogen and oxygen atoms in total. The Morgan fingerprint density at radius 3 is 2.62 bits per heavy atom. The second-order valence-electron chi connectivity index (χ2n) is 8.46. The van der Waals surface area contributed by atoms with Crippen molar-refractivity contribution in [1.29, 1.82) is 0 Å². The molecule has 0 saturated carbocycles. The van der Waals surface area contributed by atoms with Crippen molar-refractivity contribution in [3.05, 3.63) is 77.6 Å². The maximum atomic E-state index is 14.4. The number of carbonyl (C=O) groups excluding carboxylic acids is 2. The monoisotopic (exact) mass is 469 g/mol. The molecule has 182 valence electrons. The minimum Gasteiger partial charge on any atom is -0.484 e. The summed E-state index contributed by atoms with van der Waals surface area (Å²) < 4.78 is 20.6. The normalized spacial score (nSPS) is 17.2. The quantitative estimate of drug-likeness (QED) is 0.552. The van der Waals surface area contributed by atoms with Crippen LogP contribution in [0.2, 0.25) is 0 Å². The zero-order valence-corrected chi connectivity index (χ0v) is 19.7. The van der Waals surface area contributed by atoms with Gasteiger partial charge in [-0.2, -0.15) is 0 Å². The van der Waals surface area contributed by atoms with Crippen LogP contribution in [0.25, 0.3) is 0 Å². The molecule has 1 aliphatic rings. The first kappa shape index (κ1) is 25.4. The van der Waals surface area contributed by atoms with Crippen molar-refractivity contribution in [2.45, 2.75) is 26.0 Å². The Kier molecular flexibility index (Phi) is 8.79. The minimum absolute atomic E-state index is 0.0198. The third-order valence-electron chi connectivity index (χ3n) is 5.95. The molecule has 3 rings (SSSR count). The average molecular weight is 470 g/mol. The molecule has 1 aliphatic heterocycles. The molecule has 0 spiro atoms. The Morgan fingerprint density at radius 1 is 1.26 bits per heavy atom. The summed E-state index contributed by atoms with van der Waals surface area (Å²) in [6.07, 6.45) is 0.888. The van der Waals surface area contributed by atoms with E-state index < -0.39 is 6.10 Å². The van der Waals surface area contributed by atoms with E-state index in [-0.39, 0.29) is 36.8 Å². The highest BCUT2D eigenvalue weighted by molar-refractivity contribution is 5.94. The minimum atomic E-state index is -0.446. The van der Waals surface area contributed by atoms with Gasteiger partial charge >= 0.3 is 0 Å². The number of aliphatic hydroxyl groups excluding tert-OH is 1. The maximum Gasteiger partial charge on any atom is 0.251 e. The Labute approximate surface area is 199 Å². The van der Waals surface area contributed by atoms with E-state index in [0.717, 1.165) is 0 Å². The van der Waals surface area contributed by atoms with Crippen molar-refractivity contribution in [2.75, 3.05) is 39.3 Å². The van der Waals surface area contributed by atoms with Gasteiger partial charge < -0.3 is 20.1 Å². The summed E-state index contributed by atoms with van der Waals surface area (Å²) in [6.45, 7) is 9.77. The number of rotatable bonds is 9. The van der Waals surface area contributed by atoms with Crippen LogP contribution >= 0.6 is 0 Å². The number of aryl methyl sites for hydroxylation is 1. The van der Waals surface area contributed by atoms with Gasteiger partial charge in [0, 0.05) is 44.3 Å². The van der Waals surface area contributed by atoms with E-state index in [0.29, 0.717) is 48.6 Å². The third kappa shape index (κ3) is 6.42. The number of piperazine rings is 1. The number of hydrogen-bond acceptors (Lipinski definition) is 5. The topological polar surface area (TPSA) is 82.1 Å². The first-order chi connectivity index (χ1) is 16.3. The molecule has 0 aliphatic carbocycles. The van der Waals surface area contributed by atoms with E-state index >= 15 is 0 Å². The van der Waals surface area contributed by atoms with E-state index in [1.807, 2.05) is 13.0 Å². The van der Waals surface area contributed by atoms with Crippen LogP contribution in [0.1, 0.15) is 34.5 Å². The Hall–Kier alpha value is -3.23. The second kappa shape index (κ2) is 11.8. The van der Waals surface area contributed by atoms with Crippen LogP contribution in [0.5, 0.6) is 5.75 Å². The van der Waals surface area contributed by atoms with Gasteiger partial charge in [0.15, 0.2) is 0 Å². The smallest absolute Gasteiger partial charge is 0.251 e. The summed E-state index contributed by atoms with van der Waals surface area (Å²) in [5, 5.41) is 11.5. The fourth-order valence-corrected chi connectivity index (χ4v) is 4.02. The molecule has 1 saturated heterocycles. The third-order valence-corrected chi connectivity index (χ3v) is 5.95. The lowest BCUT2D eigenvalue weighted by Crippen LogP contribution is -2.54. The molecule has 1 fully saturated rings. The van der Waals surface area contributed by atoms with E-state index in [1.165, 1.54) is 12.1 Å². The Bertz CT molecular complexity index is 1010. The van der Waals surface area contributed by atoms with Gasteiger partial charge in [0.2, 0.25) is 5.91 Å². The molecule has 1 heterocycles. The van der Waals surface area contributed by atoms with Crippen LogP contribution in [0, 0.1) is 12.7 Å². The summed E-state index contributed by atoms with van der Waals surface area (Å²) in [5.74, 6) is -0.0997. The van der Waals surface area contributed by atoms with Crippen molar-refractivity contribution in [3.8, 4) is 5.75 Å². The number of aliphatic hydroxyl groups is 1. The summed E-state index contributed by atoms with van der Waals surface area (Å²) in [5.41, 5.74) is 1.73. The fraction of sp³-hybridized carbons (Fsp3) is 0.385. The molecule has 2 aromatic carbocycles. The largest absolute Gasteiger partial charge is 0.484 e. The average Bonchev–Trinajstić information content (AvgIpc) is 2.84. The van der Waals surface area contributed by atoms with E-state index in [1.54, 1.807) is 42.2 Å². The van der Waals surface area contributed by atoms with Gasteiger partial charge in [-0.25, -0.2) is 4.39 Å². The Morgan fingerprint density at radius 2 is 2.00 bits per heavy atom. The SMILES string of the molecule is C=CC(=O)N1CCN(C[C@H](Oc2ccc(C(=O)NCCO)cc2)c2ccc(C)c(F)c2)C[C@H]1C. The molecule has 0 bridgehead atoms. The first-order valence-electron chi connectivity index (χ1n) is 11.4. The molecule has 2 atom stereocenters. The summed E-state index contributed by atoms with van der Waals surface area (Å²) in [4.78, 5) is 28.1. The number of nitrogens with one attached hydrogen (secondary N) is 1. The lowest BCUT2D eigenvalue weighted by Gasteiger charge is -2.40. The number of nitrogens with zero attached hydrogens (tertiary/aromatic N) is 2. The van der Waals surface area contributed by atoms with Crippen LogP contribution in [0.4, 0.5) is 4.39 Å². The summed E-state index contributed by atoms with van der Waals surface area (Å²) in [7, 11) is 0. The fourth-order valence-electron chi connectivity index (χ4n) is 4.02. The summed E-state index contributed by atoms with van der Waals surface area (Å²) >= 11 is 0. The molecule has 8 heteroatoms. The molecule has 0 unspecified atom stereocenters. The van der Waals surface area contributed by atoms with Gasteiger partial charge in [0.1, 0.15) is 17.7 Å². The maximum absolute atomic E-state index is 14.4. The predicted octanol–water partition coefficient (Wildman–Crippen LogP) is 2.70.